The van der Waals surface area contributed by atoms with Gasteiger partial charge in [0.2, 0.25) is 0 Å². The van der Waals surface area contributed by atoms with E-state index in [-0.39, 0.29) is 19.1 Å². The Bertz CT molecular complexity index is 300. The number of carboxylic acid groups (broad SMARTS) is 1. The average Bonchev–Trinajstić information content (AvgIpc) is 3.05. The second-order valence-electron chi connectivity index (χ2n) is 3.49. The average molecular weight is 230 g/mol. The van der Waals surface area contributed by atoms with Gasteiger partial charge in [-0.1, -0.05) is 0 Å². The molecule has 1 rings (SSSR count). The number of urea groups is 1. The molecule has 1 aliphatic carbocycles. The van der Waals surface area contributed by atoms with Crippen molar-refractivity contribution in [3.05, 3.63) is 0 Å². The number of esters is 1. The number of carbonyl (C=O) groups is 3. The fourth-order valence-corrected chi connectivity index (χ4v) is 1.22. The van der Waals surface area contributed by atoms with Gasteiger partial charge in [0, 0.05) is 6.04 Å². The summed E-state index contributed by atoms with van der Waals surface area (Å²) in [6, 6.07) is -0.566. The highest BCUT2D eigenvalue weighted by atomic mass is 16.5. The first-order chi connectivity index (χ1) is 7.54. The largest absolute Gasteiger partial charge is 0.480 e. The van der Waals surface area contributed by atoms with Gasteiger partial charge < -0.3 is 20.1 Å². The number of aliphatic carboxylic acids is 1. The van der Waals surface area contributed by atoms with Crippen LogP contribution in [0.15, 0.2) is 0 Å². The molecular weight excluding hydrogens is 216 g/mol. The van der Waals surface area contributed by atoms with Crippen molar-refractivity contribution >= 4 is 18.0 Å². The van der Waals surface area contributed by atoms with Crippen molar-refractivity contribution < 1.29 is 24.2 Å². The molecule has 0 saturated heterocycles. The minimum absolute atomic E-state index is 0.0197. The van der Waals surface area contributed by atoms with Crippen molar-refractivity contribution in [1.82, 2.24) is 10.2 Å². The highest BCUT2D eigenvalue weighted by molar-refractivity contribution is 5.84. The summed E-state index contributed by atoms with van der Waals surface area (Å²) in [7, 11) is 1.21. The number of carbonyl (C=O) groups excluding carboxylic acids is 2. The standard InChI is InChI=1S/C9H14N2O5/c1-16-8(14)4-10-9(15)11(5-7(12)13)6-2-3-6/h6H,2-5H2,1H3,(H,10,15)(H,12,13). The van der Waals surface area contributed by atoms with Gasteiger partial charge in [0.05, 0.1) is 7.11 Å². The van der Waals surface area contributed by atoms with Gasteiger partial charge in [-0.15, -0.1) is 0 Å². The van der Waals surface area contributed by atoms with Crippen molar-refractivity contribution in [2.24, 2.45) is 0 Å². The van der Waals surface area contributed by atoms with Crippen LogP contribution in [0.4, 0.5) is 4.79 Å². The molecule has 0 aromatic rings. The molecule has 16 heavy (non-hydrogen) atoms. The number of amides is 2. The van der Waals surface area contributed by atoms with E-state index >= 15 is 0 Å². The molecule has 0 aromatic heterocycles. The number of hydrogen-bond donors (Lipinski definition) is 2. The van der Waals surface area contributed by atoms with E-state index in [9.17, 15) is 14.4 Å². The monoisotopic (exact) mass is 230 g/mol. The SMILES string of the molecule is COC(=O)CNC(=O)N(CC(=O)O)C1CC1. The molecule has 1 aliphatic rings. The first kappa shape index (κ1) is 12.3. The smallest absolute Gasteiger partial charge is 0.325 e. The predicted molar refractivity (Wildman–Crippen MR) is 52.8 cm³/mol. The van der Waals surface area contributed by atoms with Crippen LogP contribution < -0.4 is 5.32 Å². The Hall–Kier alpha value is -1.79. The normalized spacial score (nSPS) is 14.1. The molecule has 7 heteroatoms. The minimum Gasteiger partial charge on any atom is -0.480 e. The van der Waals surface area contributed by atoms with Gasteiger partial charge in [-0.05, 0) is 12.8 Å². The Morgan fingerprint density at radius 3 is 2.50 bits per heavy atom. The maximum Gasteiger partial charge on any atom is 0.325 e. The lowest BCUT2D eigenvalue weighted by atomic mass is 10.5. The third-order valence-corrected chi connectivity index (χ3v) is 2.17. The van der Waals surface area contributed by atoms with Crippen molar-refractivity contribution in [3.8, 4) is 0 Å². The highest BCUT2D eigenvalue weighted by Crippen LogP contribution is 2.26. The molecule has 0 atom stereocenters. The molecule has 0 spiro atoms. The van der Waals surface area contributed by atoms with Crippen molar-refractivity contribution in [3.63, 3.8) is 0 Å². The molecule has 2 N–H and O–H groups in total. The maximum atomic E-state index is 11.5. The van der Waals surface area contributed by atoms with Gasteiger partial charge in [0.1, 0.15) is 13.1 Å². The second kappa shape index (κ2) is 5.34. The van der Waals surface area contributed by atoms with E-state index in [4.69, 9.17) is 5.11 Å². The summed E-state index contributed by atoms with van der Waals surface area (Å²) in [5.74, 6) is -1.64. The molecule has 1 fully saturated rings. The molecule has 0 aromatic carbocycles. The zero-order chi connectivity index (χ0) is 12.1. The second-order valence-corrected chi connectivity index (χ2v) is 3.49. The van der Waals surface area contributed by atoms with Crippen LogP contribution in [0.3, 0.4) is 0 Å². The van der Waals surface area contributed by atoms with Crippen LogP contribution >= 0.6 is 0 Å². The Morgan fingerprint density at radius 2 is 2.06 bits per heavy atom. The zero-order valence-corrected chi connectivity index (χ0v) is 8.93. The van der Waals surface area contributed by atoms with Crippen molar-refractivity contribution in [2.75, 3.05) is 20.2 Å². The summed E-state index contributed by atoms with van der Waals surface area (Å²) in [5, 5.41) is 10.9. The first-order valence-corrected chi connectivity index (χ1v) is 4.87. The van der Waals surface area contributed by atoms with Crippen molar-refractivity contribution in [2.45, 2.75) is 18.9 Å². The Kier molecular flexibility index (Phi) is 4.10. The van der Waals surface area contributed by atoms with Crippen LogP contribution in [-0.2, 0) is 14.3 Å². The minimum atomic E-state index is -1.07. The lowest BCUT2D eigenvalue weighted by molar-refractivity contribution is -0.139. The number of rotatable bonds is 5. The summed E-state index contributed by atoms with van der Waals surface area (Å²) in [5.41, 5.74) is 0. The lowest BCUT2D eigenvalue weighted by Gasteiger charge is -2.20. The number of nitrogens with zero attached hydrogens (tertiary/aromatic N) is 1. The van der Waals surface area contributed by atoms with E-state index < -0.39 is 18.0 Å². The third kappa shape index (κ3) is 3.76. The van der Waals surface area contributed by atoms with Gasteiger partial charge in [0.25, 0.3) is 0 Å². The van der Waals surface area contributed by atoms with E-state index in [0.717, 1.165) is 12.8 Å². The predicted octanol–water partition coefficient (Wildman–Crippen LogP) is -0.582. The number of nitrogens with one attached hydrogen (secondary N) is 1. The molecular formula is C9H14N2O5. The van der Waals surface area contributed by atoms with Crippen molar-refractivity contribution in [1.29, 1.82) is 0 Å². The third-order valence-electron chi connectivity index (χ3n) is 2.17. The van der Waals surface area contributed by atoms with Crippen LogP contribution in [0.1, 0.15) is 12.8 Å². The summed E-state index contributed by atoms with van der Waals surface area (Å²) < 4.78 is 4.35. The first-order valence-electron chi connectivity index (χ1n) is 4.87. The number of carboxylic acids is 1. The summed E-state index contributed by atoms with van der Waals surface area (Å²) in [6.07, 6.45) is 1.61. The van der Waals surface area contributed by atoms with Gasteiger partial charge in [-0.2, -0.15) is 0 Å². The van der Waals surface area contributed by atoms with Crippen LogP contribution in [0.2, 0.25) is 0 Å². The van der Waals surface area contributed by atoms with Crippen LogP contribution in [0.25, 0.3) is 0 Å². The van der Waals surface area contributed by atoms with Gasteiger partial charge in [0.15, 0.2) is 0 Å². The topological polar surface area (TPSA) is 95.9 Å². The van der Waals surface area contributed by atoms with E-state index in [1.54, 1.807) is 0 Å². The molecule has 0 bridgehead atoms. The van der Waals surface area contributed by atoms with Gasteiger partial charge in [-0.3, -0.25) is 9.59 Å². The molecule has 7 nitrogen and oxygen atoms in total. The lowest BCUT2D eigenvalue weighted by Crippen LogP contribution is -2.45. The summed E-state index contributed by atoms with van der Waals surface area (Å²) in [6.45, 7) is -0.601. The molecule has 90 valence electrons. The van der Waals surface area contributed by atoms with Gasteiger partial charge in [-0.25, -0.2) is 4.79 Å². The Morgan fingerprint density at radius 1 is 1.44 bits per heavy atom. The number of methoxy groups -OCH3 is 1. The molecule has 2 amide bonds. The summed E-state index contributed by atoms with van der Waals surface area (Å²) in [4.78, 5) is 34.0. The van der Waals surface area contributed by atoms with E-state index in [1.807, 2.05) is 0 Å². The summed E-state index contributed by atoms with van der Waals surface area (Å²) >= 11 is 0. The van der Waals surface area contributed by atoms with E-state index in [2.05, 4.69) is 10.1 Å². The van der Waals surface area contributed by atoms with E-state index in [0.29, 0.717) is 0 Å². The Balaban J connectivity index is 2.41. The van der Waals surface area contributed by atoms with Crippen LogP contribution in [0.5, 0.6) is 0 Å². The number of ether oxygens (including phenoxy) is 1. The molecule has 0 radical (unpaired) electrons. The fourth-order valence-electron chi connectivity index (χ4n) is 1.22. The Labute approximate surface area is 92.4 Å². The molecule has 0 unspecified atom stereocenters. The molecule has 0 aliphatic heterocycles. The molecule has 0 heterocycles. The molecule has 1 saturated carbocycles. The number of hydrogen-bond acceptors (Lipinski definition) is 4. The highest BCUT2D eigenvalue weighted by Gasteiger charge is 2.33. The van der Waals surface area contributed by atoms with Crippen LogP contribution in [-0.4, -0.2) is 54.2 Å². The quantitative estimate of drug-likeness (QED) is 0.616. The zero-order valence-electron chi connectivity index (χ0n) is 8.93. The van der Waals surface area contributed by atoms with Gasteiger partial charge >= 0.3 is 18.0 Å². The fraction of sp³-hybridized carbons (Fsp3) is 0.667. The van der Waals surface area contributed by atoms with Crippen LogP contribution in [0, 0.1) is 0 Å². The maximum absolute atomic E-state index is 11.5. The van der Waals surface area contributed by atoms with E-state index in [1.165, 1.54) is 12.0 Å².